The predicted molar refractivity (Wildman–Crippen MR) is 114 cm³/mol. The third-order valence-electron chi connectivity index (χ3n) is 6.80. The Balaban J connectivity index is 0.00000112. The monoisotopic (exact) mass is 436 g/mol. The molecule has 1 aliphatic carbocycles. The number of likely N-dealkylation sites (tertiary alicyclic amines) is 1. The maximum absolute atomic E-state index is 14.0. The summed E-state index contributed by atoms with van der Waals surface area (Å²) in [4.78, 5) is 19.4. The number of nitrogens with zero attached hydrogens (tertiary/aromatic N) is 3. The van der Waals surface area contributed by atoms with Crippen molar-refractivity contribution in [3.05, 3.63) is 29.3 Å². The zero-order valence-corrected chi connectivity index (χ0v) is 18.3. The number of benzene rings is 1. The third kappa shape index (κ3) is 4.31. The molecule has 1 saturated heterocycles. The fraction of sp³-hybridized carbons (Fsp3) is 0.652. The Morgan fingerprint density at radius 1 is 1.06 bits per heavy atom. The molecule has 2 aliphatic heterocycles. The largest absolute Gasteiger partial charge is 0.350 e. The maximum Gasteiger partial charge on any atom is 0.253 e. The van der Waals surface area contributed by atoms with Gasteiger partial charge >= 0.3 is 0 Å². The fourth-order valence-electron chi connectivity index (χ4n) is 5.25. The second-order valence-electron chi connectivity index (χ2n) is 8.60. The quantitative estimate of drug-likeness (QED) is 0.742. The number of halogens is 3. The number of hydrogen-bond acceptors (Lipinski definition) is 3. The molecule has 5 rings (SSSR count). The van der Waals surface area contributed by atoms with Crippen LogP contribution in [0.15, 0.2) is 12.1 Å². The highest BCUT2D eigenvalue weighted by Crippen LogP contribution is 2.38. The number of aromatic nitrogens is 2. The van der Waals surface area contributed by atoms with Crippen molar-refractivity contribution in [1.82, 2.24) is 19.8 Å². The van der Waals surface area contributed by atoms with Crippen LogP contribution < -0.4 is 5.32 Å². The Bertz CT molecular complexity index is 940. The molecule has 0 spiro atoms. The minimum Gasteiger partial charge on any atom is -0.350 e. The van der Waals surface area contributed by atoms with Gasteiger partial charge in [0.05, 0.1) is 16.6 Å². The van der Waals surface area contributed by atoms with Crippen LogP contribution in [0.2, 0.25) is 0 Å². The Morgan fingerprint density at radius 3 is 2.42 bits per heavy atom. The van der Waals surface area contributed by atoms with Crippen LogP contribution in [0.3, 0.4) is 0 Å². The van der Waals surface area contributed by atoms with Gasteiger partial charge in [-0.25, -0.2) is 18.2 Å². The molecule has 3 aliphatic rings. The van der Waals surface area contributed by atoms with Crippen LogP contribution in [0, 0.1) is 5.82 Å². The van der Waals surface area contributed by atoms with Crippen molar-refractivity contribution < 1.29 is 18.0 Å². The van der Waals surface area contributed by atoms with Crippen LogP contribution in [0.25, 0.3) is 11.0 Å². The van der Waals surface area contributed by atoms with E-state index < -0.39 is 11.7 Å². The molecule has 8 heteroatoms. The van der Waals surface area contributed by atoms with Gasteiger partial charge in [-0.15, -0.1) is 0 Å². The Labute approximate surface area is 181 Å². The van der Waals surface area contributed by atoms with Gasteiger partial charge in [-0.05, 0) is 44.8 Å². The Morgan fingerprint density at radius 2 is 1.74 bits per heavy atom. The normalized spacial score (nSPS) is 22.5. The minimum absolute atomic E-state index is 0.0112. The van der Waals surface area contributed by atoms with Crippen molar-refractivity contribution in [3.8, 4) is 0 Å². The maximum atomic E-state index is 14.0. The number of piperidine rings is 1. The first-order valence-corrected chi connectivity index (χ1v) is 11.5. The second kappa shape index (κ2) is 8.81. The molecule has 170 valence electrons. The van der Waals surface area contributed by atoms with Crippen molar-refractivity contribution in [2.45, 2.75) is 76.8 Å². The lowest BCUT2D eigenvalue weighted by atomic mass is 9.88. The summed E-state index contributed by atoms with van der Waals surface area (Å²) in [6.07, 6.45) is 2.90. The first kappa shape index (κ1) is 22.1. The SMILES string of the molecule is CC.O=C1NCCn2c(C3CCN(C4CCC(F)(F)CC4)CC3)nc3cc(F)cc1c32. The number of rotatable bonds is 2. The summed E-state index contributed by atoms with van der Waals surface area (Å²) < 4.78 is 43.0. The molecule has 1 amide bonds. The lowest BCUT2D eigenvalue weighted by Crippen LogP contribution is -2.44. The summed E-state index contributed by atoms with van der Waals surface area (Å²) in [5.41, 5.74) is 1.59. The van der Waals surface area contributed by atoms with E-state index in [1.54, 1.807) is 0 Å². The molecule has 1 N–H and O–H groups in total. The lowest BCUT2D eigenvalue weighted by Gasteiger charge is -2.40. The summed E-state index contributed by atoms with van der Waals surface area (Å²) >= 11 is 0. The number of nitrogens with one attached hydrogen (secondary N) is 1. The standard InChI is InChI=1S/C21H25F3N4O.C2H6/c22-14-11-16-18-17(12-14)26-19(28(18)10-7-25-20(16)29)13-3-8-27(9-4-13)15-1-5-21(23,24)6-2-15;1-2/h11-13,15H,1-10H2,(H,25,29);1-2H3. The van der Waals surface area contributed by atoms with Crippen molar-refractivity contribution >= 4 is 16.9 Å². The van der Waals surface area contributed by atoms with Gasteiger partial charge in [0.1, 0.15) is 11.6 Å². The first-order chi connectivity index (χ1) is 14.9. The van der Waals surface area contributed by atoms with E-state index in [0.717, 1.165) is 31.8 Å². The van der Waals surface area contributed by atoms with Crippen molar-refractivity contribution in [2.75, 3.05) is 19.6 Å². The van der Waals surface area contributed by atoms with E-state index in [4.69, 9.17) is 4.98 Å². The van der Waals surface area contributed by atoms with Crippen molar-refractivity contribution in [1.29, 1.82) is 0 Å². The molecule has 0 unspecified atom stereocenters. The van der Waals surface area contributed by atoms with E-state index >= 15 is 0 Å². The topological polar surface area (TPSA) is 50.2 Å². The number of imidazole rings is 1. The zero-order chi connectivity index (χ0) is 22.2. The molecule has 5 nitrogen and oxygen atoms in total. The molecular weight excluding hydrogens is 405 g/mol. The number of alkyl halides is 2. The molecule has 1 aromatic carbocycles. The van der Waals surface area contributed by atoms with Crippen LogP contribution in [-0.4, -0.2) is 52.0 Å². The van der Waals surface area contributed by atoms with Gasteiger partial charge < -0.3 is 14.8 Å². The van der Waals surface area contributed by atoms with Crippen molar-refractivity contribution in [3.63, 3.8) is 0 Å². The summed E-state index contributed by atoms with van der Waals surface area (Å²) in [7, 11) is 0. The summed E-state index contributed by atoms with van der Waals surface area (Å²) in [5, 5.41) is 2.83. The molecule has 3 heterocycles. The second-order valence-corrected chi connectivity index (χ2v) is 8.60. The van der Waals surface area contributed by atoms with Gasteiger partial charge in [0.15, 0.2) is 0 Å². The molecule has 1 saturated carbocycles. The molecule has 0 bridgehead atoms. The van der Waals surface area contributed by atoms with Gasteiger partial charge in [-0.3, -0.25) is 4.79 Å². The number of carbonyl (C=O) groups is 1. The van der Waals surface area contributed by atoms with E-state index in [1.165, 1.54) is 12.1 Å². The van der Waals surface area contributed by atoms with Gasteiger partial charge in [-0.2, -0.15) is 0 Å². The smallest absolute Gasteiger partial charge is 0.253 e. The summed E-state index contributed by atoms with van der Waals surface area (Å²) in [5.74, 6) is -2.07. The van der Waals surface area contributed by atoms with Gasteiger partial charge in [-0.1, -0.05) is 13.8 Å². The van der Waals surface area contributed by atoms with Crippen molar-refractivity contribution in [2.24, 2.45) is 0 Å². The molecule has 2 aromatic rings. The van der Waals surface area contributed by atoms with Gasteiger partial charge in [0.25, 0.3) is 5.91 Å². The highest BCUT2D eigenvalue weighted by Gasteiger charge is 2.38. The van der Waals surface area contributed by atoms with E-state index in [9.17, 15) is 18.0 Å². The van der Waals surface area contributed by atoms with E-state index in [1.807, 2.05) is 13.8 Å². The van der Waals surface area contributed by atoms with Crippen LogP contribution in [-0.2, 0) is 6.54 Å². The first-order valence-electron chi connectivity index (χ1n) is 11.5. The molecule has 0 atom stereocenters. The van der Waals surface area contributed by atoms with Gasteiger partial charge in [0, 0.05) is 44.0 Å². The predicted octanol–water partition coefficient (Wildman–Crippen LogP) is 4.70. The Kier molecular flexibility index (Phi) is 6.28. The lowest BCUT2D eigenvalue weighted by molar-refractivity contribution is -0.0559. The molecule has 1 aromatic heterocycles. The zero-order valence-electron chi connectivity index (χ0n) is 18.3. The molecule has 0 radical (unpaired) electrons. The average Bonchev–Trinajstić information content (AvgIpc) is 3.04. The Hall–Kier alpha value is -2.09. The van der Waals surface area contributed by atoms with Crippen LogP contribution in [0.5, 0.6) is 0 Å². The van der Waals surface area contributed by atoms with Crippen LogP contribution in [0.4, 0.5) is 13.2 Å². The molecular formula is C23H31F3N4O. The van der Waals surface area contributed by atoms with Crippen LogP contribution in [0.1, 0.15) is 74.5 Å². The number of amides is 1. The van der Waals surface area contributed by atoms with E-state index in [0.29, 0.717) is 42.5 Å². The summed E-state index contributed by atoms with van der Waals surface area (Å²) in [6.45, 7) is 6.84. The van der Waals surface area contributed by atoms with E-state index in [-0.39, 0.29) is 30.7 Å². The number of carbonyl (C=O) groups excluding carboxylic acids is 1. The van der Waals surface area contributed by atoms with Crippen LogP contribution >= 0.6 is 0 Å². The highest BCUT2D eigenvalue weighted by atomic mass is 19.3. The highest BCUT2D eigenvalue weighted by molar-refractivity contribution is 6.05. The van der Waals surface area contributed by atoms with E-state index in [2.05, 4.69) is 14.8 Å². The summed E-state index contributed by atoms with van der Waals surface area (Å²) in [6, 6.07) is 2.93. The molecule has 31 heavy (non-hydrogen) atoms. The third-order valence-corrected chi connectivity index (χ3v) is 6.80. The molecule has 2 fully saturated rings. The fourth-order valence-corrected chi connectivity index (χ4v) is 5.25. The number of hydrogen-bond donors (Lipinski definition) is 1. The average molecular weight is 437 g/mol. The van der Waals surface area contributed by atoms with Gasteiger partial charge in [0.2, 0.25) is 5.92 Å². The minimum atomic E-state index is -2.50.